The highest BCUT2D eigenvalue weighted by molar-refractivity contribution is 6.33. The molecule has 1 aromatic rings. The monoisotopic (exact) mass is 226 g/mol. The molecule has 1 N–H and O–H groups in total. The van der Waals surface area contributed by atoms with Crippen LogP contribution in [0.4, 0.5) is 0 Å². The zero-order valence-electron chi connectivity index (χ0n) is 8.34. The molecule has 1 aliphatic rings. The predicted octanol–water partition coefficient (Wildman–Crippen LogP) is 2.11. The summed E-state index contributed by atoms with van der Waals surface area (Å²) in [4.78, 5) is 11.0. The van der Waals surface area contributed by atoms with Crippen LogP contribution in [0.1, 0.15) is 18.1 Å². The number of fused-ring (bicyclic) bond motifs is 1. The van der Waals surface area contributed by atoms with E-state index < -0.39 is 0 Å². The second kappa shape index (κ2) is 3.74. The van der Waals surface area contributed by atoms with Gasteiger partial charge in [-0.2, -0.15) is 0 Å². The van der Waals surface area contributed by atoms with Gasteiger partial charge in [-0.1, -0.05) is 11.6 Å². The molecule has 0 saturated heterocycles. The molecule has 0 aromatic heterocycles. The van der Waals surface area contributed by atoms with Crippen LogP contribution >= 0.6 is 11.6 Å². The molecule has 0 radical (unpaired) electrons. The minimum Gasteiger partial charge on any atom is -0.506 e. The average Bonchev–Trinajstić information content (AvgIpc) is 2.61. The maximum atomic E-state index is 11.0. The minimum absolute atomic E-state index is 0.0103. The van der Waals surface area contributed by atoms with E-state index in [0.717, 1.165) is 5.56 Å². The van der Waals surface area contributed by atoms with E-state index in [2.05, 4.69) is 0 Å². The predicted molar refractivity (Wildman–Crippen MR) is 56.7 cm³/mol. The molecule has 0 unspecified atom stereocenters. The van der Waals surface area contributed by atoms with Crippen LogP contribution in [0.25, 0.3) is 0 Å². The van der Waals surface area contributed by atoms with E-state index in [9.17, 15) is 9.90 Å². The molecule has 15 heavy (non-hydrogen) atoms. The Balaban J connectivity index is 2.49. The summed E-state index contributed by atoms with van der Waals surface area (Å²) in [6.45, 7) is 2.06. The summed E-state index contributed by atoms with van der Waals surface area (Å²) in [5.74, 6) is 0.685. The smallest absolute Gasteiger partial charge is 0.138 e. The quantitative estimate of drug-likeness (QED) is 0.840. The lowest BCUT2D eigenvalue weighted by atomic mass is 10.0. The summed E-state index contributed by atoms with van der Waals surface area (Å²) in [6, 6.07) is 1.70. The molecule has 0 amide bonds. The second-order valence-corrected chi connectivity index (χ2v) is 4.03. The lowest BCUT2D eigenvalue weighted by molar-refractivity contribution is -0.116. The van der Waals surface area contributed by atoms with Crippen molar-refractivity contribution in [2.24, 2.45) is 0 Å². The minimum atomic E-state index is -0.0145. The molecule has 0 bridgehead atoms. The lowest BCUT2D eigenvalue weighted by Crippen LogP contribution is -1.98. The van der Waals surface area contributed by atoms with E-state index in [1.807, 2.05) is 0 Å². The van der Waals surface area contributed by atoms with Gasteiger partial charge < -0.3 is 9.84 Å². The molecule has 3 nitrogen and oxygen atoms in total. The van der Waals surface area contributed by atoms with Gasteiger partial charge in [0.1, 0.15) is 17.3 Å². The molecule has 2 rings (SSSR count). The molecular formula is C11H11ClO3. The van der Waals surface area contributed by atoms with Crippen molar-refractivity contribution in [3.05, 3.63) is 22.2 Å². The summed E-state index contributed by atoms with van der Waals surface area (Å²) in [5.41, 5.74) is 1.37. The number of Topliss-reactive ketones (excluding diaryl/α,β-unsaturated/α-hetero) is 1. The number of halogens is 1. The molecule has 0 fully saturated rings. The number of carbonyl (C=O) groups is 1. The van der Waals surface area contributed by atoms with E-state index in [0.29, 0.717) is 29.4 Å². The number of aromatic hydroxyl groups is 1. The highest BCUT2D eigenvalue weighted by Crippen LogP contribution is 2.40. The van der Waals surface area contributed by atoms with Crippen molar-refractivity contribution < 1.29 is 14.6 Å². The molecule has 4 heteroatoms. The van der Waals surface area contributed by atoms with Gasteiger partial charge in [0.2, 0.25) is 0 Å². The van der Waals surface area contributed by atoms with Crippen LogP contribution in [-0.2, 0) is 17.6 Å². The highest BCUT2D eigenvalue weighted by atomic mass is 35.5. The van der Waals surface area contributed by atoms with E-state index in [-0.39, 0.29) is 18.0 Å². The second-order valence-electron chi connectivity index (χ2n) is 3.65. The van der Waals surface area contributed by atoms with Crippen LogP contribution in [0.15, 0.2) is 6.07 Å². The number of ether oxygens (including phenoxy) is 1. The number of ketones is 1. The summed E-state index contributed by atoms with van der Waals surface area (Å²) in [6.07, 6.45) is 0.893. The van der Waals surface area contributed by atoms with Crippen molar-refractivity contribution in [1.82, 2.24) is 0 Å². The molecule has 0 saturated carbocycles. The summed E-state index contributed by atoms with van der Waals surface area (Å²) >= 11 is 5.99. The normalized spacial score (nSPS) is 13.5. The van der Waals surface area contributed by atoms with Crippen LogP contribution in [0.5, 0.6) is 11.5 Å². The van der Waals surface area contributed by atoms with Crippen LogP contribution in [0.2, 0.25) is 5.02 Å². The van der Waals surface area contributed by atoms with Gasteiger partial charge >= 0.3 is 0 Å². The number of rotatable bonds is 2. The van der Waals surface area contributed by atoms with Gasteiger partial charge in [-0.05, 0) is 13.0 Å². The topological polar surface area (TPSA) is 46.5 Å². The molecule has 80 valence electrons. The summed E-state index contributed by atoms with van der Waals surface area (Å²) in [5, 5.41) is 10.1. The fourth-order valence-corrected chi connectivity index (χ4v) is 2.04. The fraction of sp³-hybridized carbons (Fsp3) is 0.364. The Labute approximate surface area is 92.6 Å². The van der Waals surface area contributed by atoms with Gasteiger partial charge in [-0.3, -0.25) is 4.79 Å². The standard InChI is InChI=1S/C11H11ClO3/c1-6(13)4-7-5-9-8(2-3-15-9)10(12)11(7)14/h5,14H,2-4H2,1H3. The van der Waals surface area contributed by atoms with E-state index in [4.69, 9.17) is 16.3 Å². The number of phenols is 1. The molecular weight excluding hydrogens is 216 g/mol. The summed E-state index contributed by atoms with van der Waals surface area (Å²) in [7, 11) is 0. The number of carbonyl (C=O) groups excluding carboxylic acids is 1. The maximum absolute atomic E-state index is 11.0. The Hall–Kier alpha value is -1.22. The van der Waals surface area contributed by atoms with Crippen molar-refractivity contribution in [1.29, 1.82) is 0 Å². The van der Waals surface area contributed by atoms with E-state index in [1.54, 1.807) is 6.07 Å². The fourth-order valence-electron chi connectivity index (χ4n) is 1.73. The molecule has 0 spiro atoms. The molecule has 1 aliphatic heterocycles. The SMILES string of the molecule is CC(=O)Cc1cc2c(c(Cl)c1O)CCO2. The molecule has 1 aromatic carbocycles. The third-order valence-electron chi connectivity index (χ3n) is 2.43. The Kier molecular flexibility index (Phi) is 2.57. The Morgan fingerprint density at radius 3 is 3.07 bits per heavy atom. The Morgan fingerprint density at radius 2 is 2.40 bits per heavy atom. The van der Waals surface area contributed by atoms with Crippen LogP contribution in [0, 0.1) is 0 Å². The van der Waals surface area contributed by atoms with Crippen LogP contribution in [0.3, 0.4) is 0 Å². The van der Waals surface area contributed by atoms with Crippen molar-refractivity contribution >= 4 is 17.4 Å². The van der Waals surface area contributed by atoms with Gasteiger partial charge in [0.05, 0.1) is 11.6 Å². The van der Waals surface area contributed by atoms with Gasteiger partial charge in [0, 0.05) is 24.0 Å². The first-order chi connectivity index (χ1) is 7.09. The molecule has 1 heterocycles. The first kappa shape index (κ1) is 10.3. The van der Waals surface area contributed by atoms with Gasteiger partial charge in [-0.25, -0.2) is 0 Å². The van der Waals surface area contributed by atoms with Crippen molar-refractivity contribution in [2.45, 2.75) is 19.8 Å². The third kappa shape index (κ3) is 1.79. The largest absolute Gasteiger partial charge is 0.506 e. The van der Waals surface area contributed by atoms with Gasteiger partial charge in [-0.15, -0.1) is 0 Å². The first-order valence-electron chi connectivity index (χ1n) is 4.75. The van der Waals surface area contributed by atoms with Gasteiger partial charge in [0.25, 0.3) is 0 Å². The van der Waals surface area contributed by atoms with E-state index in [1.165, 1.54) is 6.92 Å². The molecule has 0 aliphatic carbocycles. The number of hydrogen-bond donors (Lipinski definition) is 1. The highest BCUT2D eigenvalue weighted by Gasteiger charge is 2.21. The Bertz CT molecular complexity index is 426. The zero-order chi connectivity index (χ0) is 11.0. The third-order valence-corrected chi connectivity index (χ3v) is 2.84. The van der Waals surface area contributed by atoms with Crippen molar-refractivity contribution in [2.75, 3.05) is 6.61 Å². The first-order valence-corrected chi connectivity index (χ1v) is 5.13. The number of hydrogen-bond acceptors (Lipinski definition) is 3. The Morgan fingerprint density at radius 1 is 1.67 bits per heavy atom. The average molecular weight is 227 g/mol. The van der Waals surface area contributed by atoms with Gasteiger partial charge in [0.15, 0.2) is 0 Å². The van der Waals surface area contributed by atoms with Crippen molar-refractivity contribution in [3.8, 4) is 11.5 Å². The van der Waals surface area contributed by atoms with Crippen LogP contribution in [-0.4, -0.2) is 17.5 Å². The number of phenolic OH excluding ortho intramolecular Hbond substituents is 1. The lowest BCUT2D eigenvalue weighted by Gasteiger charge is -2.08. The summed E-state index contributed by atoms with van der Waals surface area (Å²) < 4.78 is 5.35. The number of benzene rings is 1. The molecule has 0 atom stereocenters. The van der Waals surface area contributed by atoms with Crippen molar-refractivity contribution in [3.63, 3.8) is 0 Å². The van der Waals surface area contributed by atoms with E-state index >= 15 is 0 Å². The van der Waals surface area contributed by atoms with Crippen LogP contribution < -0.4 is 4.74 Å². The zero-order valence-corrected chi connectivity index (χ0v) is 9.10. The maximum Gasteiger partial charge on any atom is 0.138 e.